The van der Waals surface area contributed by atoms with Gasteiger partial charge in [0.2, 0.25) is 0 Å². The summed E-state index contributed by atoms with van der Waals surface area (Å²) in [5.74, 6) is -0.0785. The van der Waals surface area contributed by atoms with Crippen molar-refractivity contribution in [1.29, 1.82) is 0 Å². The molecule has 0 aliphatic carbocycles. The minimum atomic E-state index is -0.390. The van der Waals surface area contributed by atoms with Crippen molar-refractivity contribution in [3.05, 3.63) is 52.0 Å². The Morgan fingerprint density at radius 2 is 1.58 bits per heavy atom. The molecule has 0 saturated heterocycles. The molecule has 0 aliphatic heterocycles. The third-order valence-corrected chi connectivity index (χ3v) is 3.63. The lowest BCUT2D eigenvalue weighted by Crippen LogP contribution is -2.24. The maximum absolute atomic E-state index is 12.3. The van der Waals surface area contributed by atoms with E-state index in [1.807, 2.05) is 0 Å². The number of carbonyl (C=O) groups excluding carboxylic acids is 2. The second-order valence-corrected chi connectivity index (χ2v) is 5.53. The predicted octanol–water partition coefficient (Wildman–Crippen LogP) is 4.01. The minimum Gasteiger partial charge on any atom is -0.494 e. The SMILES string of the molecule is CNC(=O)Nc1cccc(NC(=O)c2cc(Cl)c(OC)c(Cl)c2)c1. The molecular formula is C16H15Cl2N3O3. The average molecular weight is 368 g/mol. The molecule has 0 aliphatic rings. The highest BCUT2D eigenvalue weighted by Crippen LogP contribution is 2.34. The lowest BCUT2D eigenvalue weighted by molar-refractivity contribution is 0.102. The fourth-order valence-electron chi connectivity index (χ4n) is 1.96. The van der Waals surface area contributed by atoms with Crippen molar-refractivity contribution in [1.82, 2.24) is 5.32 Å². The van der Waals surface area contributed by atoms with Crippen LogP contribution in [0.2, 0.25) is 10.0 Å². The smallest absolute Gasteiger partial charge is 0.318 e. The first-order valence-electron chi connectivity index (χ1n) is 6.87. The molecule has 0 heterocycles. The number of amides is 3. The van der Waals surface area contributed by atoms with Crippen LogP contribution in [0.15, 0.2) is 36.4 Å². The molecule has 0 unspecified atom stereocenters. The van der Waals surface area contributed by atoms with E-state index in [-0.39, 0.29) is 21.6 Å². The molecule has 8 heteroatoms. The van der Waals surface area contributed by atoms with Gasteiger partial charge in [-0.05, 0) is 30.3 Å². The van der Waals surface area contributed by atoms with Crippen LogP contribution in [0.1, 0.15) is 10.4 Å². The maximum Gasteiger partial charge on any atom is 0.318 e. The average Bonchev–Trinajstić information content (AvgIpc) is 2.54. The zero-order chi connectivity index (χ0) is 17.7. The molecular weight excluding hydrogens is 353 g/mol. The van der Waals surface area contributed by atoms with Gasteiger partial charge in [0.1, 0.15) is 0 Å². The summed E-state index contributed by atoms with van der Waals surface area (Å²) in [6, 6.07) is 9.30. The number of benzene rings is 2. The quantitative estimate of drug-likeness (QED) is 0.763. The van der Waals surface area contributed by atoms with E-state index in [4.69, 9.17) is 27.9 Å². The summed E-state index contributed by atoms with van der Waals surface area (Å²) in [4.78, 5) is 23.7. The first-order valence-corrected chi connectivity index (χ1v) is 7.63. The molecule has 6 nitrogen and oxygen atoms in total. The Bertz CT molecular complexity index is 758. The van der Waals surface area contributed by atoms with Crippen molar-refractivity contribution in [2.24, 2.45) is 0 Å². The Balaban J connectivity index is 2.18. The number of hydrogen-bond donors (Lipinski definition) is 3. The number of methoxy groups -OCH3 is 1. The van der Waals surface area contributed by atoms with Crippen molar-refractivity contribution < 1.29 is 14.3 Å². The summed E-state index contributed by atoms with van der Waals surface area (Å²) in [5.41, 5.74) is 1.34. The Morgan fingerprint density at radius 3 is 2.12 bits per heavy atom. The van der Waals surface area contributed by atoms with Crippen molar-refractivity contribution in [2.45, 2.75) is 0 Å². The molecule has 0 atom stereocenters. The van der Waals surface area contributed by atoms with Gasteiger partial charge in [0.25, 0.3) is 5.91 Å². The van der Waals surface area contributed by atoms with Gasteiger partial charge in [0.05, 0.1) is 17.2 Å². The number of nitrogens with one attached hydrogen (secondary N) is 3. The lowest BCUT2D eigenvalue weighted by atomic mass is 10.2. The molecule has 0 aromatic heterocycles. The second-order valence-electron chi connectivity index (χ2n) is 4.71. The highest BCUT2D eigenvalue weighted by molar-refractivity contribution is 6.37. The number of urea groups is 1. The number of rotatable bonds is 4. The van der Waals surface area contributed by atoms with Gasteiger partial charge < -0.3 is 20.7 Å². The lowest BCUT2D eigenvalue weighted by Gasteiger charge is -2.11. The van der Waals surface area contributed by atoms with Crippen molar-refractivity contribution >= 4 is 46.5 Å². The zero-order valence-electron chi connectivity index (χ0n) is 12.9. The number of ether oxygens (including phenoxy) is 1. The molecule has 0 bridgehead atoms. The Morgan fingerprint density at radius 1 is 1.00 bits per heavy atom. The first kappa shape index (κ1) is 17.9. The molecule has 0 radical (unpaired) electrons. The second kappa shape index (κ2) is 7.90. The predicted molar refractivity (Wildman–Crippen MR) is 95.5 cm³/mol. The van der Waals surface area contributed by atoms with E-state index < -0.39 is 5.91 Å². The molecule has 2 aromatic rings. The van der Waals surface area contributed by atoms with Gasteiger partial charge in [-0.1, -0.05) is 29.3 Å². The normalized spacial score (nSPS) is 10.0. The van der Waals surface area contributed by atoms with Crippen molar-refractivity contribution in [3.8, 4) is 5.75 Å². The topological polar surface area (TPSA) is 79.5 Å². The van der Waals surface area contributed by atoms with Gasteiger partial charge >= 0.3 is 6.03 Å². The highest BCUT2D eigenvalue weighted by atomic mass is 35.5. The molecule has 126 valence electrons. The summed E-state index contributed by atoms with van der Waals surface area (Å²) < 4.78 is 5.05. The summed E-state index contributed by atoms with van der Waals surface area (Å²) in [7, 11) is 2.95. The number of halogens is 2. The van der Waals surface area contributed by atoms with Gasteiger partial charge in [0, 0.05) is 24.0 Å². The molecule has 0 saturated carbocycles. The van der Waals surface area contributed by atoms with E-state index >= 15 is 0 Å². The van der Waals surface area contributed by atoms with Crippen LogP contribution in [0.4, 0.5) is 16.2 Å². The fraction of sp³-hybridized carbons (Fsp3) is 0.125. The van der Waals surface area contributed by atoms with Crippen LogP contribution in [-0.2, 0) is 0 Å². The van der Waals surface area contributed by atoms with Gasteiger partial charge in [0.15, 0.2) is 5.75 Å². The first-order chi connectivity index (χ1) is 11.4. The minimum absolute atomic E-state index is 0.241. The molecule has 2 rings (SSSR count). The Kier molecular flexibility index (Phi) is 5.89. The summed E-state index contributed by atoms with van der Waals surface area (Å²) >= 11 is 12.1. The third kappa shape index (κ3) is 4.31. The van der Waals surface area contributed by atoms with Gasteiger partial charge in [-0.3, -0.25) is 4.79 Å². The molecule has 0 spiro atoms. The van der Waals surface area contributed by atoms with Gasteiger partial charge in [-0.25, -0.2) is 4.79 Å². The summed E-state index contributed by atoms with van der Waals surface area (Å²) in [6.45, 7) is 0. The zero-order valence-corrected chi connectivity index (χ0v) is 14.5. The summed E-state index contributed by atoms with van der Waals surface area (Å²) in [5, 5.41) is 8.26. The van der Waals surface area contributed by atoms with Crippen LogP contribution in [-0.4, -0.2) is 26.1 Å². The largest absolute Gasteiger partial charge is 0.494 e. The highest BCUT2D eigenvalue weighted by Gasteiger charge is 2.14. The van der Waals surface area contributed by atoms with Crippen LogP contribution in [0.3, 0.4) is 0 Å². The molecule has 24 heavy (non-hydrogen) atoms. The van der Waals surface area contributed by atoms with Crippen LogP contribution in [0.25, 0.3) is 0 Å². The van der Waals surface area contributed by atoms with E-state index in [0.717, 1.165) is 0 Å². The summed E-state index contributed by atoms with van der Waals surface area (Å²) in [6.07, 6.45) is 0. The monoisotopic (exact) mass is 367 g/mol. The van der Waals surface area contributed by atoms with Crippen molar-refractivity contribution in [2.75, 3.05) is 24.8 Å². The Hall–Kier alpha value is -2.44. The molecule has 3 N–H and O–H groups in total. The van der Waals surface area contributed by atoms with E-state index in [9.17, 15) is 9.59 Å². The van der Waals surface area contributed by atoms with Crippen LogP contribution >= 0.6 is 23.2 Å². The maximum atomic E-state index is 12.3. The molecule has 3 amide bonds. The fourth-order valence-corrected chi connectivity index (χ4v) is 2.60. The number of anilines is 2. The van der Waals surface area contributed by atoms with E-state index in [2.05, 4.69) is 16.0 Å². The van der Waals surface area contributed by atoms with E-state index in [1.165, 1.54) is 26.3 Å². The number of hydrogen-bond acceptors (Lipinski definition) is 3. The van der Waals surface area contributed by atoms with Crippen LogP contribution in [0.5, 0.6) is 5.75 Å². The van der Waals surface area contributed by atoms with Gasteiger partial charge in [-0.2, -0.15) is 0 Å². The van der Waals surface area contributed by atoms with Crippen molar-refractivity contribution in [3.63, 3.8) is 0 Å². The van der Waals surface area contributed by atoms with E-state index in [1.54, 1.807) is 24.3 Å². The van der Waals surface area contributed by atoms with Crippen LogP contribution in [0, 0.1) is 0 Å². The number of carbonyl (C=O) groups is 2. The molecule has 0 fully saturated rings. The molecule has 2 aromatic carbocycles. The van der Waals surface area contributed by atoms with E-state index in [0.29, 0.717) is 17.1 Å². The standard InChI is InChI=1S/C16H15Cl2N3O3/c1-19-16(23)21-11-5-3-4-10(8-11)20-15(22)9-6-12(17)14(24-2)13(18)7-9/h3-8H,1-2H3,(H,20,22)(H2,19,21,23). The Labute approximate surface area is 149 Å². The third-order valence-electron chi connectivity index (χ3n) is 3.07. The van der Waals surface area contributed by atoms with Gasteiger partial charge in [-0.15, -0.1) is 0 Å². The van der Waals surface area contributed by atoms with Crippen LogP contribution < -0.4 is 20.7 Å².